The van der Waals surface area contributed by atoms with Crippen molar-refractivity contribution in [1.82, 2.24) is 0 Å². The van der Waals surface area contributed by atoms with Crippen molar-refractivity contribution < 1.29 is 0 Å². The maximum atomic E-state index is 3.52. The van der Waals surface area contributed by atoms with E-state index in [4.69, 9.17) is 0 Å². The van der Waals surface area contributed by atoms with Gasteiger partial charge in [-0.25, -0.2) is 0 Å². The molecule has 1 aliphatic heterocycles. The SMILES string of the molecule is CCN1CC=C(Nc2ccccc2)c2ccccc21. The van der Waals surface area contributed by atoms with Gasteiger partial charge >= 0.3 is 0 Å². The summed E-state index contributed by atoms with van der Waals surface area (Å²) >= 11 is 0. The number of hydrogen-bond donors (Lipinski definition) is 1. The van der Waals surface area contributed by atoms with Crippen molar-refractivity contribution in [3.8, 4) is 0 Å². The molecule has 1 heterocycles. The monoisotopic (exact) mass is 250 g/mol. The van der Waals surface area contributed by atoms with Gasteiger partial charge in [0.1, 0.15) is 0 Å². The second-order valence-electron chi connectivity index (χ2n) is 4.66. The van der Waals surface area contributed by atoms with Crippen molar-refractivity contribution in [3.63, 3.8) is 0 Å². The molecule has 1 aliphatic rings. The first-order valence-electron chi connectivity index (χ1n) is 6.75. The van der Waals surface area contributed by atoms with E-state index in [1.54, 1.807) is 0 Å². The summed E-state index contributed by atoms with van der Waals surface area (Å²) in [4.78, 5) is 2.38. The molecule has 0 radical (unpaired) electrons. The Morgan fingerprint density at radius 3 is 2.53 bits per heavy atom. The Morgan fingerprint density at radius 2 is 1.74 bits per heavy atom. The quantitative estimate of drug-likeness (QED) is 0.886. The molecule has 0 fully saturated rings. The van der Waals surface area contributed by atoms with Crippen LogP contribution in [0.1, 0.15) is 12.5 Å². The van der Waals surface area contributed by atoms with Gasteiger partial charge in [-0.15, -0.1) is 0 Å². The predicted octanol–water partition coefficient (Wildman–Crippen LogP) is 3.98. The van der Waals surface area contributed by atoms with E-state index in [0.29, 0.717) is 0 Å². The molecule has 3 rings (SSSR count). The van der Waals surface area contributed by atoms with Gasteiger partial charge in [0.25, 0.3) is 0 Å². The van der Waals surface area contributed by atoms with Gasteiger partial charge in [-0.2, -0.15) is 0 Å². The molecule has 19 heavy (non-hydrogen) atoms. The van der Waals surface area contributed by atoms with Crippen molar-refractivity contribution in [2.24, 2.45) is 0 Å². The Labute approximate surface area is 114 Å². The van der Waals surface area contributed by atoms with Crippen molar-refractivity contribution in [3.05, 3.63) is 66.2 Å². The van der Waals surface area contributed by atoms with Crippen molar-refractivity contribution in [2.45, 2.75) is 6.92 Å². The highest BCUT2D eigenvalue weighted by molar-refractivity contribution is 5.86. The van der Waals surface area contributed by atoms with Crippen molar-refractivity contribution in [2.75, 3.05) is 23.3 Å². The molecule has 1 N–H and O–H groups in total. The number of benzene rings is 2. The van der Waals surface area contributed by atoms with Crippen LogP contribution < -0.4 is 10.2 Å². The van der Waals surface area contributed by atoms with Crippen LogP contribution in [0.15, 0.2) is 60.7 Å². The van der Waals surface area contributed by atoms with Crippen LogP contribution in [-0.4, -0.2) is 13.1 Å². The zero-order valence-electron chi connectivity index (χ0n) is 11.1. The lowest BCUT2D eigenvalue weighted by Gasteiger charge is -2.30. The first kappa shape index (κ1) is 11.8. The van der Waals surface area contributed by atoms with E-state index in [9.17, 15) is 0 Å². The Bertz CT molecular complexity index is 587. The molecule has 0 aliphatic carbocycles. The number of nitrogens with one attached hydrogen (secondary N) is 1. The summed E-state index contributed by atoms with van der Waals surface area (Å²) in [7, 11) is 0. The third-order valence-corrected chi connectivity index (χ3v) is 3.49. The zero-order valence-corrected chi connectivity index (χ0v) is 11.1. The standard InChI is InChI=1S/C17H18N2/c1-2-19-13-12-16(15-10-6-7-11-17(15)19)18-14-8-4-3-5-9-14/h3-12,18H,2,13H2,1H3. The van der Waals surface area contributed by atoms with E-state index < -0.39 is 0 Å². The van der Waals surface area contributed by atoms with Crippen LogP contribution in [0.25, 0.3) is 5.70 Å². The number of para-hydroxylation sites is 2. The summed E-state index contributed by atoms with van der Waals surface area (Å²) in [6.07, 6.45) is 2.26. The fourth-order valence-corrected chi connectivity index (χ4v) is 2.48. The molecule has 2 aromatic carbocycles. The van der Waals surface area contributed by atoms with E-state index in [1.807, 2.05) is 6.07 Å². The highest BCUT2D eigenvalue weighted by Gasteiger charge is 2.16. The van der Waals surface area contributed by atoms with E-state index >= 15 is 0 Å². The first-order chi connectivity index (χ1) is 9.38. The third kappa shape index (κ3) is 2.34. The minimum atomic E-state index is 0.961. The molecule has 0 saturated heterocycles. The molecule has 0 spiro atoms. The summed E-state index contributed by atoms with van der Waals surface area (Å²) in [5.74, 6) is 0. The number of hydrogen-bond acceptors (Lipinski definition) is 2. The van der Waals surface area contributed by atoms with Crippen LogP contribution in [0.4, 0.5) is 11.4 Å². The summed E-state index contributed by atoms with van der Waals surface area (Å²) in [5, 5.41) is 3.52. The number of nitrogens with zero attached hydrogens (tertiary/aromatic N) is 1. The molecule has 0 unspecified atom stereocenters. The molecular weight excluding hydrogens is 232 g/mol. The van der Waals surface area contributed by atoms with Crippen molar-refractivity contribution >= 4 is 17.1 Å². The fraction of sp³-hybridized carbons (Fsp3) is 0.176. The topological polar surface area (TPSA) is 15.3 Å². The summed E-state index contributed by atoms with van der Waals surface area (Å²) < 4.78 is 0. The van der Waals surface area contributed by atoms with Gasteiger partial charge in [-0.05, 0) is 31.2 Å². The van der Waals surface area contributed by atoms with Crippen LogP contribution >= 0.6 is 0 Å². The van der Waals surface area contributed by atoms with Gasteiger partial charge in [0.2, 0.25) is 0 Å². The zero-order chi connectivity index (χ0) is 13.1. The molecular formula is C17H18N2. The normalized spacial score (nSPS) is 13.7. The lowest BCUT2D eigenvalue weighted by molar-refractivity contribution is 0.895. The maximum absolute atomic E-state index is 3.52. The molecule has 0 atom stereocenters. The van der Waals surface area contributed by atoms with E-state index in [2.05, 4.69) is 71.7 Å². The third-order valence-electron chi connectivity index (χ3n) is 3.49. The second-order valence-corrected chi connectivity index (χ2v) is 4.66. The molecule has 2 heteroatoms. The van der Waals surface area contributed by atoms with Crippen molar-refractivity contribution in [1.29, 1.82) is 0 Å². The molecule has 2 nitrogen and oxygen atoms in total. The Hall–Kier alpha value is -2.22. The number of anilines is 2. The molecule has 0 saturated carbocycles. The molecule has 96 valence electrons. The minimum Gasteiger partial charge on any atom is -0.367 e. The Balaban J connectivity index is 1.93. The van der Waals surface area contributed by atoms with Crippen LogP contribution in [0, 0.1) is 0 Å². The van der Waals surface area contributed by atoms with Crippen LogP contribution in [0.2, 0.25) is 0 Å². The van der Waals surface area contributed by atoms with Gasteiger partial charge in [-0.3, -0.25) is 0 Å². The molecule has 0 amide bonds. The molecule has 0 aromatic heterocycles. The smallest absolute Gasteiger partial charge is 0.0463 e. The fourth-order valence-electron chi connectivity index (χ4n) is 2.48. The average molecular weight is 250 g/mol. The average Bonchev–Trinajstić information content (AvgIpc) is 2.49. The van der Waals surface area contributed by atoms with Gasteiger partial charge in [0.05, 0.1) is 0 Å². The number of fused-ring (bicyclic) bond motifs is 1. The number of likely N-dealkylation sites (N-methyl/N-ethyl adjacent to an activating group) is 1. The lowest BCUT2D eigenvalue weighted by Crippen LogP contribution is -2.27. The highest BCUT2D eigenvalue weighted by Crippen LogP contribution is 2.31. The first-order valence-corrected chi connectivity index (χ1v) is 6.75. The molecule has 0 bridgehead atoms. The predicted molar refractivity (Wildman–Crippen MR) is 82.4 cm³/mol. The highest BCUT2D eigenvalue weighted by atomic mass is 15.1. The molecule has 2 aromatic rings. The van der Waals surface area contributed by atoms with Gasteiger partial charge in [-0.1, -0.05) is 36.4 Å². The summed E-state index contributed by atoms with van der Waals surface area (Å²) in [5.41, 5.74) is 4.92. The van der Waals surface area contributed by atoms with E-state index in [-0.39, 0.29) is 0 Å². The maximum Gasteiger partial charge on any atom is 0.0463 e. The largest absolute Gasteiger partial charge is 0.367 e. The van der Waals surface area contributed by atoms with Crippen LogP contribution in [-0.2, 0) is 0 Å². The number of rotatable bonds is 3. The second kappa shape index (κ2) is 5.19. The van der Waals surface area contributed by atoms with E-state index in [0.717, 1.165) is 18.8 Å². The Morgan fingerprint density at radius 1 is 1.00 bits per heavy atom. The summed E-state index contributed by atoms with van der Waals surface area (Å²) in [6.45, 7) is 4.19. The van der Waals surface area contributed by atoms with Gasteiger partial charge in [0.15, 0.2) is 0 Å². The van der Waals surface area contributed by atoms with Crippen LogP contribution in [0.3, 0.4) is 0 Å². The van der Waals surface area contributed by atoms with Gasteiger partial charge < -0.3 is 10.2 Å². The lowest BCUT2D eigenvalue weighted by atomic mass is 10.0. The van der Waals surface area contributed by atoms with Gasteiger partial charge in [0, 0.05) is 35.7 Å². The summed E-state index contributed by atoms with van der Waals surface area (Å²) in [6, 6.07) is 18.9. The van der Waals surface area contributed by atoms with Crippen LogP contribution in [0.5, 0.6) is 0 Å². The Kier molecular flexibility index (Phi) is 3.23. The van der Waals surface area contributed by atoms with E-state index in [1.165, 1.54) is 16.9 Å². The minimum absolute atomic E-state index is 0.961.